The third-order valence-electron chi connectivity index (χ3n) is 3.64. The van der Waals surface area contributed by atoms with Gasteiger partial charge in [-0.2, -0.15) is 0 Å². The summed E-state index contributed by atoms with van der Waals surface area (Å²) in [6.45, 7) is 0.200. The van der Waals surface area contributed by atoms with Gasteiger partial charge in [-0.1, -0.05) is 28.1 Å². The molecule has 0 amide bonds. The molecular weight excluding hydrogens is 402 g/mol. The van der Waals surface area contributed by atoms with Gasteiger partial charge in [-0.15, -0.1) is 0 Å². The number of aromatic nitrogens is 1. The minimum atomic E-state index is -3.75. The van der Waals surface area contributed by atoms with Crippen LogP contribution >= 0.6 is 15.9 Å². The zero-order valence-corrected chi connectivity index (χ0v) is 15.6. The van der Waals surface area contributed by atoms with Crippen LogP contribution in [0.5, 0.6) is 0 Å². The lowest BCUT2D eigenvalue weighted by Crippen LogP contribution is -2.30. The number of sulfonamides is 1. The van der Waals surface area contributed by atoms with E-state index in [1.54, 1.807) is 30.5 Å². The minimum absolute atomic E-state index is 0.183. The molecule has 5 nitrogen and oxygen atoms in total. The zero-order chi connectivity index (χ0) is 17.9. The van der Waals surface area contributed by atoms with Gasteiger partial charge in [-0.25, -0.2) is 8.42 Å². The first-order valence-electron chi connectivity index (χ1n) is 7.49. The van der Waals surface area contributed by atoms with Crippen molar-refractivity contribution in [3.63, 3.8) is 0 Å². The molecule has 2 aromatic carbocycles. The second kappa shape index (κ2) is 7.25. The maximum absolute atomic E-state index is 13.2. The van der Waals surface area contributed by atoms with Crippen LogP contribution in [-0.2, 0) is 16.6 Å². The SMILES string of the molecule is Nc1ccc(S(=O)(=O)N(Cc2ccc(Br)cc2)c2cccnc2)cc1. The quantitative estimate of drug-likeness (QED) is 0.640. The van der Waals surface area contributed by atoms with Gasteiger partial charge >= 0.3 is 0 Å². The van der Waals surface area contributed by atoms with Gasteiger partial charge < -0.3 is 5.73 Å². The average Bonchev–Trinajstić information content (AvgIpc) is 2.62. The van der Waals surface area contributed by atoms with Crippen molar-refractivity contribution in [2.75, 3.05) is 10.0 Å². The molecule has 0 saturated heterocycles. The van der Waals surface area contributed by atoms with Crippen LogP contribution < -0.4 is 10.0 Å². The Morgan fingerprint density at radius 3 is 2.28 bits per heavy atom. The smallest absolute Gasteiger partial charge is 0.264 e. The Morgan fingerprint density at radius 2 is 1.68 bits per heavy atom. The van der Waals surface area contributed by atoms with Crippen molar-refractivity contribution in [3.05, 3.63) is 83.1 Å². The summed E-state index contributed by atoms with van der Waals surface area (Å²) in [6, 6.07) is 17.1. The highest BCUT2D eigenvalue weighted by Gasteiger charge is 2.25. The number of hydrogen-bond donors (Lipinski definition) is 1. The number of nitrogens with zero attached hydrogens (tertiary/aromatic N) is 2. The number of anilines is 2. The largest absolute Gasteiger partial charge is 0.399 e. The van der Waals surface area contributed by atoms with Crippen molar-refractivity contribution < 1.29 is 8.42 Å². The number of rotatable bonds is 5. The lowest BCUT2D eigenvalue weighted by molar-refractivity contribution is 0.590. The number of pyridine rings is 1. The first kappa shape index (κ1) is 17.4. The van der Waals surface area contributed by atoms with Crippen molar-refractivity contribution in [2.45, 2.75) is 11.4 Å². The minimum Gasteiger partial charge on any atom is -0.399 e. The Labute approximate surface area is 155 Å². The summed E-state index contributed by atoms with van der Waals surface area (Å²) in [7, 11) is -3.75. The van der Waals surface area contributed by atoms with E-state index in [-0.39, 0.29) is 11.4 Å². The number of nitrogens with two attached hydrogens (primary N) is 1. The molecule has 0 fully saturated rings. The fourth-order valence-electron chi connectivity index (χ4n) is 2.34. The Bertz CT molecular complexity index is 944. The highest BCUT2D eigenvalue weighted by atomic mass is 79.9. The van der Waals surface area contributed by atoms with Gasteiger partial charge in [0.25, 0.3) is 10.0 Å². The highest BCUT2D eigenvalue weighted by molar-refractivity contribution is 9.10. The molecule has 0 atom stereocenters. The summed E-state index contributed by atoms with van der Waals surface area (Å²) < 4.78 is 28.6. The second-order valence-corrected chi connectivity index (χ2v) is 8.20. The molecule has 2 N–H and O–H groups in total. The summed E-state index contributed by atoms with van der Waals surface area (Å²) in [4.78, 5) is 4.23. The van der Waals surface area contributed by atoms with E-state index >= 15 is 0 Å². The van der Waals surface area contributed by atoms with Gasteiger partial charge in [0, 0.05) is 16.4 Å². The Hall–Kier alpha value is -2.38. The third kappa shape index (κ3) is 4.00. The fraction of sp³-hybridized carbons (Fsp3) is 0.0556. The van der Waals surface area contributed by atoms with Gasteiger partial charge in [-0.3, -0.25) is 9.29 Å². The number of nitrogen functional groups attached to an aromatic ring is 1. The number of benzene rings is 2. The van der Waals surface area contributed by atoms with Crippen molar-refractivity contribution in [2.24, 2.45) is 0 Å². The van der Waals surface area contributed by atoms with E-state index in [4.69, 9.17) is 5.73 Å². The van der Waals surface area contributed by atoms with E-state index in [0.29, 0.717) is 11.4 Å². The molecular formula is C18H16BrN3O2S. The zero-order valence-electron chi connectivity index (χ0n) is 13.2. The molecule has 0 saturated carbocycles. The van der Waals surface area contributed by atoms with E-state index in [0.717, 1.165) is 10.0 Å². The molecule has 0 unspecified atom stereocenters. The van der Waals surface area contributed by atoms with Crippen molar-refractivity contribution >= 4 is 37.3 Å². The first-order chi connectivity index (χ1) is 12.0. The van der Waals surface area contributed by atoms with Crippen LogP contribution in [0, 0.1) is 0 Å². The number of halogens is 1. The topological polar surface area (TPSA) is 76.3 Å². The van der Waals surface area contributed by atoms with E-state index in [2.05, 4.69) is 20.9 Å². The van der Waals surface area contributed by atoms with Crippen LogP contribution in [0.1, 0.15) is 5.56 Å². The van der Waals surface area contributed by atoms with Gasteiger partial charge in [0.2, 0.25) is 0 Å². The monoisotopic (exact) mass is 417 g/mol. The summed E-state index contributed by atoms with van der Waals surface area (Å²) in [6.07, 6.45) is 3.14. The predicted molar refractivity (Wildman–Crippen MR) is 103 cm³/mol. The standard InChI is InChI=1S/C18H16BrN3O2S/c19-15-5-3-14(4-6-15)13-22(17-2-1-11-21-12-17)25(23,24)18-9-7-16(20)8-10-18/h1-12H,13,20H2. The van der Waals surface area contributed by atoms with Crippen LogP contribution in [0.3, 0.4) is 0 Å². The molecule has 1 aromatic heterocycles. The predicted octanol–water partition coefficient (Wildman–Crippen LogP) is 3.82. The van der Waals surface area contributed by atoms with Crippen LogP contribution in [0.2, 0.25) is 0 Å². The van der Waals surface area contributed by atoms with Crippen molar-refractivity contribution in [3.8, 4) is 0 Å². The van der Waals surface area contributed by atoms with Crippen LogP contribution in [0.15, 0.2) is 82.4 Å². The van der Waals surface area contributed by atoms with E-state index in [1.165, 1.54) is 22.6 Å². The maximum Gasteiger partial charge on any atom is 0.264 e. The summed E-state index contributed by atoms with van der Waals surface area (Å²) in [5, 5.41) is 0. The van der Waals surface area contributed by atoms with Gasteiger partial charge in [0.1, 0.15) is 0 Å². The van der Waals surface area contributed by atoms with Crippen LogP contribution in [0.25, 0.3) is 0 Å². The Kier molecular flexibility index (Phi) is 5.06. The normalized spacial score (nSPS) is 11.2. The fourth-order valence-corrected chi connectivity index (χ4v) is 4.04. The van der Waals surface area contributed by atoms with Crippen LogP contribution in [-0.4, -0.2) is 13.4 Å². The van der Waals surface area contributed by atoms with Gasteiger partial charge in [0.15, 0.2) is 0 Å². The summed E-state index contributed by atoms with van der Waals surface area (Å²) in [5.41, 5.74) is 7.55. The van der Waals surface area contributed by atoms with Crippen LogP contribution in [0.4, 0.5) is 11.4 Å². The third-order valence-corrected chi connectivity index (χ3v) is 5.96. The highest BCUT2D eigenvalue weighted by Crippen LogP contribution is 2.26. The molecule has 7 heteroatoms. The Balaban J connectivity index is 2.04. The molecule has 128 valence electrons. The maximum atomic E-state index is 13.2. The van der Waals surface area contributed by atoms with Crippen molar-refractivity contribution in [1.82, 2.24) is 4.98 Å². The second-order valence-electron chi connectivity index (χ2n) is 5.42. The van der Waals surface area contributed by atoms with Gasteiger partial charge in [0.05, 0.1) is 23.3 Å². The number of hydrogen-bond acceptors (Lipinski definition) is 4. The lowest BCUT2D eigenvalue weighted by Gasteiger charge is -2.24. The molecule has 0 bridgehead atoms. The molecule has 0 radical (unpaired) electrons. The lowest BCUT2D eigenvalue weighted by atomic mass is 10.2. The van der Waals surface area contributed by atoms with E-state index in [9.17, 15) is 8.42 Å². The molecule has 0 aliphatic rings. The van der Waals surface area contributed by atoms with E-state index < -0.39 is 10.0 Å². The molecule has 0 aliphatic carbocycles. The molecule has 3 rings (SSSR count). The average molecular weight is 418 g/mol. The Morgan fingerprint density at radius 1 is 1.00 bits per heavy atom. The van der Waals surface area contributed by atoms with E-state index in [1.807, 2.05) is 24.3 Å². The molecule has 0 aliphatic heterocycles. The van der Waals surface area contributed by atoms with Gasteiger partial charge in [-0.05, 0) is 54.1 Å². The molecule has 25 heavy (non-hydrogen) atoms. The molecule has 3 aromatic rings. The molecule has 1 heterocycles. The first-order valence-corrected chi connectivity index (χ1v) is 9.73. The summed E-state index contributed by atoms with van der Waals surface area (Å²) >= 11 is 3.39. The molecule has 0 spiro atoms. The van der Waals surface area contributed by atoms with Crippen molar-refractivity contribution in [1.29, 1.82) is 0 Å². The summed E-state index contributed by atoms with van der Waals surface area (Å²) in [5.74, 6) is 0.